The molecule has 0 spiro atoms. The number of thiazole rings is 1. The summed E-state index contributed by atoms with van der Waals surface area (Å²) < 4.78 is 2.05. The number of fused-ring (bicyclic) bond motifs is 1. The van der Waals surface area contributed by atoms with Crippen LogP contribution >= 0.6 is 11.3 Å². The van der Waals surface area contributed by atoms with Crippen molar-refractivity contribution in [1.29, 1.82) is 0 Å². The largest absolute Gasteiger partial charge is 0.306 e. The van der Waals surface area contributed by atoms with Crippen LogP contribution in [0.2, 0.25) is 0 Å². The van der Waals surface area contributed by atoms with E-state index in [4.69, 9.17) is 5.10 Å². The normalized spacial score (nSPS) is 12.1. The predicted molar refractivity (Wildman–Crippen MR) is 87.5 cm³/mol. The van der Waals surface area contributed by atoms with Crippen LogP contribution in [0.15, 0.2) is 35.8 Å². The Bertz CT molecular complexity index is 722. The third-order valence-corrected chi connectivity index (χ3v) is 4.05. The molecule has 1 N–H and O–H groups in total. The number of hydrogen-bond donors (Lipinski definition) is 1. The molecule has 0 radical (unpaired) electrons. The number of rotatable bonds is 4. The van der Waals surface area contributed by atoms with Crippen LogP contribution in [0, 0.1) is 0 Å². The summed E-state index contributed by atoms with van der Waals surface area (Å²) >= 11 is 1.67. The minimum Gasteiger partial charge on any atom is -0.306 e. The van der Waals surface area contributed by atoms with E-state index in [-0.39, 0.29) is 5.54 Å². The first-order valence-corrected chi connectivity index (χ1v) is 7.99. The average Bonchev–Trinajstić information content (AvgIpc) is 3.05. The van der Waals surface area contributed by atoms with Gasteiger partial charge in [0, 0.05) is 29.0 Å². The Hall–Kier alpha value is -1.72. The molecular weight excluding hydrogens is 280 g/mol. The predicted octanol–water partition coefficient (Wildman–Crippen LogP) is 3.43. The molecule has 4 nitrogen and oxygen atoms in total. The monoisotopic (exact) mass is 300 g/mol. The quantitative estimate of drug-likeness (QED) is 0.802. The first kappa shape index (κ1) is 14.2. The van der Waals surface area contributed by atoms with Gasteiger partial charge in [-0.1, -0.05) is 18.2 Å². The number of nitrogens with zero attached hydrogens (tertiary/aromatic N) is 3. The molecule has 1 aromatic carbocycles. The summed E-state index contributed by atoms with van der Waals surface area (Å²) in [7, 11) is 0. The molecule has 21 heavy (non-hydrogen) atoms. The molecule has 3 aromatic rings. The summed E-state index contributed by atoms with van der Waals surface area (Å²) in [4.78, 5) is 4.35. The van der Waals surface area contributed by atoms with Crippen LogP contribution in [0.4, 0.5) is 0 Å². The average molecular weight is 300 g/mol. The molecule has 0 aliphatic heterocycles. The zero-order valence-electron chi connectivity index (χ0n) is 12.6. The number of nitrogens with one attached hydrogen (secondary N) is 1. The van der Waals surface area contributed by atoms with Gasteiger partial charge in [0.05, 0.1) is 17.8 Å². The van der Waals surface area contributed by atoms with Gasteiger partial charge in [0.1, 0.15) is 5.01 Å². The van der Waals surface area contributed by atoms with Crippen molar-refractivity contribution in [2.45, 2.75) is 39.4 Å². The van der Waals surface area contributed by atoms with Crippen molar-refractivity contribution in [2.75, 3.05) is 0 Å². The van der Waals surface area contributed by atoms with E-state index in [0.717, 1.165) is 23.8 Å². The highest BCUT2D eigenvalue weighted by molar-refractivity contribution is 7.09. The van der Waals surface area contributed by atoms with Crippen molar-refractivity contribution in [2.24, 2.45) is 0 Å². The van der Waals surface area contributed by atoms with E-state index in [1.807, 2.05) is 16.3 Å². The SMILES string of the molecule is CC(C)(C)NCc1nn(Cc2nccs2)c2ccccc12. The van der Waals surface area contributed by atoms with E-state index in [9.17, 15) is 0 Å². The Balaban J connectivity index is 1.94. The van der Waals surface area contributed by atoms with Crippen LogP contribution in [-0.4, -0.2) is 20.3 Å². The van der Waals surface area contributed by atoms with Gasteiger partial charge in [-0.05, 0) is 26.8 Å². The fourth-order valence-electron chi connectivity index (χ4n) is 2.26. The molecule has 5 heteroatoms. The van der Waals surface area contributed by atoms with E-state index in [0.29, 0.717) is 0 Å². The van der Waals surface area contributed by atoms with E-state index < -0.39 is 0 Å². The lowest BCUT2D eigenvalue weighted by Gasteiger charge is -2.19. The summed E-state index contributed by atoms with van der Waals surface area (Å²) in [5, 5.41) is 12.6. The topological polar surface area (TPSA) is 42.7 Å². The summed E-state index contributed by atoms with van der Waals surface area (Å²) in [6.07, 6.45) is 1.84. The number of aromatic nitrogens is 3. The van der Waals surface area contributed by atoms with Gasteiger partial charge in [-0.2, -0.15) is 5.10 Å². The highest BCUT2D eigenvalue weighted by Gasteiger charge is 2.14. The number of benzene rings is 1. The van der Waals surface area contributed by atoms with Crippen LogP contribution < -0.4 is 5.32 Å². The second-order valence-corrected chi connectivity index (χ2v) is 7.13. The van der Waals surface area contributed by atoms with Gasteiger partial charge < -0.3 is 5.32 Å². The van der Waals surface area contributed by atoms with Crippen molar-refractivity contribution in [3.05, 3.63) is 46.5 Å². The Kier molecular flexibility index (Phi) is 3.78. The second-order valence-electron chi connectivity index (χ2n) is 6.15. The second kappa shape index (κ2) is 5.58. The smallest absolute Gasteiger partial charge is 0.114 e. The number of hydrogen-bond acceptors (Lipinski definition) is 4. The minimum absolute atomic E-state index is 0.0835. The summed E-state index contributed by atoms with van der Waals surface area (Å²) in [6, 6.07) is 8.39. The van der Waals surface area contributed by atoms with Crippen LogP contribution in [0.1, 0.15) is 31.5 Å². The number of para-hydroxylation sites is 1. The Morgan fingerprint density at radius 1 is 1.24 bits per heavy atom. The van der Waals surface area contributed by atoms with Gasteiger partial charge >= 0.3 is 0 Å². The highest BCUT2D eigenvalue weighted by Crippen LogP contribution is 2.20. The van der Waals surface area contributed by atoms with Crippen molar-refractivity contribution >= 4 is 22.2 Å². The molecule has 0 unspecified atom stereocenters. The van der Waals surface area contributed by atoms with Crippen molar-refractivity contribution in [1.82, 2.24) is 20.1 Å². The third-order valence-electron chi connectivity index (χ3n) is 3.29. The van der Waals surface area contributed by atoms with E-state index >= 15 is 0 Å². The molecule has 110 valence electrons. The molecule has 0 fully saturated rings. The van der Waals surface area contributed by atoms with E-state index in [2.05, 4.69) is 55.3 Å². The molecule has 3 rings (SSSR count). The molecule has 0 saturated heterocycles. The summed E-state index contributed by atoms with van der Waals surface area (Å²) in [5.74, 6) is 0. The maximum absolute atomic E-state index is 4.79. The van der Waals surface area contributed by atoms with Crippen LogP contribution in [-0.2, 0) is 13.1 Å². The third kappa shape index (κ3) is 3.31. The van der Waals surface area contributed by atoms with E-state index in [1.165, 1.54) is 10.9 Å². The Labute approximate surface area is 128 Å². The van der Waals surface area contributed by atoms with E-state index in [1.54, 1.807) is 11.3 Å². The van der Waals surface area contributed by atoms with Crippen molar-refractivity contribution in [3.8, 4) is 0 Å². The zero-order chi connectivity index (χ0) is 14.9. The molecule has 0 saturated carbocycles. The van der Waals surface area contributed by atoms with Gasteiger partial charge in [0.25, 0.3) is 0 Å². The molecule has 0 atom stereocenters. The molecule has 0 aliphatic carbocycles. The standard InChI is InChI=1S/C16H20N4S/c1-16(2,3)18-10-13-12-6-4-5-7-14(12)20(19-13)11-15-17-8-9-21-15/h4-9,18H,10-11H2,1-3H3. The Morgan fingerprint density at radius 3 is 2.76 bits per heavy atom. The van der Waals surface area contributed by atoms with Crippen LogP contribution in [0.5, 0.6) is 0 Å². The fraction of sp³-hybridized carbons (Fsp3) is 0.375. The van der Waals surface area contributed by atoms with Gasteiger partial charge in [-0.25, -0.2) is 4.98 Å². The highest BCUT2D eigenvalue weighted by atomic mass is 32.1. The van der Waals surface area contributed by atoms with Gasteiger partial charge in [-0.15, -0.1) is 11.3 Å². The fourth-order valence-corrected chi connectivity index (χ4v) is 2.85. The Morgan fingerprint density at radius 2 is 2.05 bits per heavy atom. The van der Waals surface area contributed by atoms with Crippen LogP contribution in [0.3, 0.4) is 0 Å². The lowest BCUT2D eigenvalue weighted by atomic mass is 10.1. The maximum Gasteiger partial charge on any atom is 0.114 e. The maximum atomic E-state index is 4.79. The first-order valence-electron chi connectivity index (χ1n) is 7.11. The molecule has 0 amide bonds. The van der Waals surface area contributed by atoms with Crippen molar-refractivity contribution in [3.63, 3.8) is 0 Å². The zero-order valence-corrected chi connectivity index (χ0v) is 13.4. The van der Waals surface area contributed by atoms with Crippen LogP contribution in [0.25, 0.3) is 10.9 Å². The molecule has 2 heterocycles. The molecule has 0 aliphatic rings. The molecular formula is C16H20N4S. The lowest BCUT2D eigenvalue weighted by molar-refractivity contribution is 0.420. The molecule has 0 bridgehead atoms. The summed E-state index contributed by atoms with van der Waals surface area (Å²) in [6.45, 7) is 8.01. The summed E-state index contributed by atoms with van der Waals surface area (Å²) in [5.41, 5.74) is 2.34. The van der Waals surface area contributed by atoms with Crippen molar-refractivity contribution < 1.29 is 0 Å². The molecule has 2 aromatic heterocycles. The van der Waals surface area contributed by atoms with Gasteiger partial charge in [-0.3, -0.25) is 4.68 Å². The first-order chi connectivity index (χ1) is 10.0. The van der Waals surface area contributed by atoms with Gasteiger partial charge in [0.2, 0.25) is 0 Å². The lowest BCUT2D eigenvalue weighted by Crippen LogP contribution is -2.35. The minimum atomic E-state index is 0.0835. The van der Waals surface area contributed by atoms with Gasteiger partial charge in [0.15, 0.2) is 0 Å².